The van der Waals surface area contributed by atoms with Gasteiger partial charge >= 0.3 is 0 Å². The lowest BCUT2D eigenvalue weighted by Gasteiger charge is -2.10. The number of aromatic nitrogens is 2. The van der Waals surface area contributed by atoms with Crippen molar-refractivity contribution in [1.29, 1.82) is 0 Å². The summed E-state index contributed by atoms with van der Waals surface area (Å²) >= 11 is 0. The molecule has 0 aliphatic carbocycles. The number of sulfonamides is 1. The molecule has 1 aliphatic rings. The summed E-state index contributed by atoms with van der Waals surface area (Å²) in [6.45, 7) is 5.50. The minimum Gasteiger partial charge on any atom is -0.334 e. The third-order valence-electron chi connectivity index (χ3n) is 2.83. The Morgan fingerprint density at radius 3 is 2.88 bits per heavy atom. The number of rotatable bonds is 4. The highest BCUT2D eigenvalue weighted by Crippen LogP contribution is 2.11. The molecular formula is C10H18N4O2S. The van der Waals surface area contributed by atoms with E-state index in [1.54, 1.807) is 17.1 Å². The lowest BCUT2D eigenvalue weighted by Crippen LogP contribution is -2.36. The van der Waals surface area contributed by atoms with E-state index in [0.717, 1.165) is 13.0 Å². The average Bonchev–Trinajstić information content (AvgIpc) is 2.84. The molecule has 0 amide bonds. The monoisotopic (exact) mass is 258 g/mol. The van der Waals surface area contributed by atoms with Gasteiger partial charge in [-0.1, -0.05) is 0 Å². The Balaban J connectivity index is 2.13. The summed E-state index contributed by atoms with van der Waals surface area (Å²) in [5, 5.41) is 3.21. The molecule has 1 aromatic rings. The lowest BCUT2D eigenvalue weighted by atomic mass is 10.3. The molecule has 6 nitrogen and oxygen atoms in total. The summed E-state index contributed by atoms with van der Waals surface area (Å²) in [6, 6.07) is 0.184. The molecule has 17 heavy (non-hydrogen) atoms. The van der Waals surface area contributed by atoms with Crippen LogP contribution in [0.3, 0.4) is 0 Å². The Morgan fingerprint density at radius 2 is 2.35 bits per heavy atom. The van der Waals surface area contributed by atoms with E-state index in [1.807, 2.05) is 13.8 Å². The van der Waals surface area contributed by atoms with Crippen LogP contribution in [0.1, 0.15) is 26.3 Å². The molecule has 96 valence electrons. The quantitative estimate of drug-likeness (QED) is 0.803. The maximum atomic E-state index is 12.0. The normalized spacial score (nSPS) is 21.2. The molecule has 1 aromatic heterocycles. The minimum atomic E-state index is -3.48. The van der Waals surface area contributed by atoms with E-state index in [4.69, 9.17) is 0 Å². The molecule has 0 radical (unpaired) electrons. The van der Waals surface area contributed by atoms with Crippen LogP contribution in [0.2, 0.25) is 0 Å². The van der Waals surface area contributed by atoms with Crippen LogP contribution in [0.15, 0.2) is 17.6 Å². The first-order chi connectivity index (χ1) is 7.99. The Kier molecular flexibility index (Phi) is 3.50. The topological polar surface area (TPSA) is 76.0 Å². The molecule has 2 N–H and O–H groups in total. The second-order valence-corrected chi connectivity index (χ2v) is 6.22. The van der Waals surface area contributed by atoms with Crippen LogP contribution in [-0.4, -0.2) is 37.1 Å². The van der Waals surface area contributed by atoms with Crippen LogP contribution < -0.4 is 10.0 Å². The van der Waals surface area contributed by atoms with Crippen molar-refractivity contribution in [3.63, 3.8) is 0 Å². The third kappa shape index (κ3) is 2.85. The molecule has 1 atom stereocenters. The van der Waals surface area contributed by atoms with Gasteiger partial charge in [-0.15, -0.1) is 0 Å². The Hall–Kier alpha value is -0.920. The van der Waals surface area contributed by atoms with Crippen molar-refractivity contribution in [3.05, 3.63) is 12.5 Å². The first kappa shape index (κ1) is 12.5. The van der Waals surface area contributed by atoms with E-state index in [1.165, 1.54) is 0 Å². The molecule has 1 aliphatic heterocycles. The van der Waals surface area contributed by atoms with Gasteiger partial charge in [0.25, 0.3) is 10.0 Å². The first-order valence-electron chi connectivity index (χ1n) is 5.75. The van der Waals surface area contributed by atoms with Crippen molar-refractivity contribution in [2.75, 3.05) is 13.1 Å². The van der Waals surface area contributed by atoms with Gasteiger partial charge < -0.3 is 9.88 Å². The third-order valence-corrected chi connectivity index (χ3v) is 4.24. The summed E-state index contributed by atoms with van der Waals surface area (Å²) in [6.07, 6.45) is 3.94. The number of imidazole rings is 1. The van der Waals surface area contributed by atoms with Crippen LogP contribution >= 0.6 is 0 Å². The van der Waals surface area contributed by atoms with Crippen LogP contribution in [0.5, 0.6) is 0 Å². The van der Waals surface area contributed by atoms with Gasteiger partial charge in [0.15, 0.2) is 5.03 Å². The standard InChI is InChI=1S/C10H18N4O2S/c1-8(2)14-6-10(12-7-14)17(15,16)13-9-3-4-11-5-9/h6-9,11,13H,3-5H2,1-2H3/t9-/m0/s1. The van der Waals surface area contributed by atoms with Gasteiger partial charge in [0.05, 0.1) is 6.33 Å². The fourth-order valence-electron chi connectivity index (χ4n) is 1.77. The SMILES string of the molecule is CC(C)n1cnc(S(=O)(=O)N[C@H]2CCNC2)c1. The zero-order valence-corrected chi connectivity index (χ0v) is 10.9. The Morgan fingerprint density at radius 1 is 1.59 bits per heavy atom. The van der Waals surface area contributed by atoms with Crippen molar-refractivity contribution in [1.82, 2.24) is 19.6 Å². The Bertz CT molecular complexity index is 474. The van der Waals surface area contributed by atoms with E-state index in [9.17, 15) is 8.42 Å². The maximum absolute atomic E-state index is 12.0. The van der Waals surface area contributed by atoms with Crippen molar-refractivity contribution in [3.8, 4) is 0 Å². The smallest absolute Gasteiger partial charge is 0.259 e. The van der Waals surface area contributed by atoms with E-state index in [0.29, 0.717) is 6.54 Å². The molecule has 0 spiro atoms. The predicted octanol–water partition coefficient (Wildman–Crippen LogP) is 0.104. The molecule has 0 aromatic carbocycles. The molecule has 7 heteroatoms. The molecular weight excluding hydrogens is 240 g/mol. The summed E-state index contributed by atoms with van der Waals surface area (Å²) in [7, 11) is -3.48. The largest absolute Gasteiger partial charge is 0.334 e. The number of nitrogens with one attached hydrogen (secondary N) is 2. The highest BCUT2D eigenvalue weighted by Gasteiger charge is 2.24. The van der Waals surface area contributed by atoms with Crippen molar-refractivity contribution < 1.29 is 8.42 Å². The predicted molar refractivity (Wildman–Crippen MR) is 64.2 cm³/mol. The molecule has 1 fully saturated rings. The average molecular weight is 258 g/mol. The van der Waals surface area contributed by atoms with Crippen molar-refractivity contribution in [2.24, 2.45) is 0 Å². The number of hydrogen-bond donors (Lipinski definition) is 2. The fourth-order valence-corrected chi connectivity index (χ4v) is 2.98. The zero-order valence-electron chi connectivity index (χ0n) is 10.0. The van der Waals surface area contributed by atoms with Gasteiger partial charge in [-0.2, -0.15) is 0 Å². The second-order valence-electron chi connectivity index (χ2n) is 4.56. The second kappa shape index (κ2) is 4.75. The van der Waals surface area contributed by atoms with Crippen LogP contribution in [-0.2, 0) is 10.0 Å². The fraction of sp³-hybridized carbons (Fsp3) is 0.700. The van der Waals surface area contributed by atoms with E-state index in [-0.39, 0.29) is 17.1 Å². The van der Waals surface area contributed by atoms with Gasteiger partial charge in [-0.05, 0) is 26.8 Å². The number of hydrogen-bond acceptors (Lipinski definition) is 4. The minimum absolute atomic E-state index is 0.0239. The van der Waals surface area contributed by atoms with Gasteiger partial charge in [0.1, 0.15) is 0 Å². The van der Waals surface area contributed by atoms with Gasteiger partial charge in [-0.3, -0.25) is 0 Å². The van der Waals surface area contributed by atoms with Gasteiger partial charge in [-0.25, -0.2) is 18.1 Å². The molecule has 2 heterocycles. The number of nitrogens with zero attached hydrogens (tertiary/aromatic N) is 2. The lowest BCUT2D eigenvalue weighted by molar-refractivity contribution is 0.556. The highest BCUT2D eigenvalue weighted by atomic mass is 32.2. The Labute approximate surface area is 101 Å². The summed E-state index contributed by atoms with van der Waals surface area (Å²) in [5.74, 6) is 0. The molecule has 2 rings (SSSR count). The molecule has 0 saturated carbocycles. The molecule has 0 bridgehead atoms. The summed E-state index contributed by atoms with van der Waals surface area (Å²) < 4.78 is 28.5. The van der Waals surface area contributed by atoms with Crippen LogP contribution in [0, 0.1) is 0 Å². The summed E-state index contributed by atoms with van der Waals surface area (Å²) in [5.41, 5.74) is 0. The van der Waals surface area contributed by atoms with Gasteiger partial charge in [0.2, 0.25) is 0 Å². The zero-order chi connectivity index (χ0) is 12.5. The van der Waals surface area contributed by atoms with Crippen LogP contribution in [0.25, 0.3) is 0 Å². The summed E-state index contributed by atoms with van der Waals surface area (Å²) in [4.78, 5) is 3.94. The highest BCUT2D eigenvalue weighted by molar-refractivity contribution is 7.89. The van der Waals surface area contributed by atoms with Crippen molar-refractivity contribution >= 4 is 10.0 Å². The van der Waals surface area contributed by atoms with E-state index in [2.05, 4.69) is 15.0 Å². The van der Waals surface area contributed by atoms with E-state index >= 15 is 0 Å². The van der Waals surface area contributed by atoms with Crippen molar-refractivity contribution in [2.45, 2.75) is 37.4 Å². The maximum Gasteiger partial charge on any atom is 0.259 e. The molecule has 0 unspecified atom stereocenters. The van der Waals surface area contributed by atoms with Crippen LogP contribution in [0.4, 0.5) is 0 Å². The first-order valence-corrected chi connectivity index (χ1v) is 7.24. The van der Waals surface area contributed by atoms with E-state index < -0.39 is 10.0 Å². The van der Waals surface area contributed by atoms with Gasteiger partial charge in [0, 0.05) is 24.8 Å². The molecule has 1 saturated heterocycles.